The van der Waals surface area contributed by atoms with Crippen LogP contribution in [0.5, 0.6) is 5.75 Å². The molecule has 1 aromatic carbocycles. The largest absolute Gasteiger partial charge is 0.497 e. The maximum absolute atomic E-state index is 12.5. The monoisotopic (exact) mass is 317 g/mol. The average molecular weight is 317 g/mol. The molecule has 1 aliphatic carbocycles. The summed E-state index contributed by atoms with van der Waals surface area (Å²) in [5.41, 5.74) is 2.37. The molecule has 1 saturated carbocycles. The molecule has 3 rings (SSSR count). The summed E-state index contributed by atoms with van der Waals surface area (Å²) in [4.78, 5) is 5.71. The van der Waals surface area contributed by atoms with Gasteiger partial charge in [0.2, 0.25) is 0 Å². The van der Waals surface area contributed by atoms with Gasteiger partial charge in [-0.05, 0) is 48.6 Å². The van der Waals surface area contributed by atoms with E-state index in [1.807, 2.05) is 18.3 Å². The van der Waals surface area contributed by atoms with Crippen molar-refractivity contribution in [3.05, 3.63) is 53.9 Å². The molecular formula is C18H20FNOS. The van der Waals surface area contributed by atoms with E-state index < -0.39 is 0 Å². The van der Waals surface area contributed by atoms with E-state index in [1.54, 1.807) is 18.9 Å². The van der Waals surface area contributed by atoms with Gasteiger partial charge in [0.05, 0.1) is 13.8 Å². The summed E-state index contributed by atoms with van der Waals surface area (Å²) in [6.07, 6.45) is 3.83. The second-order valence-electron chi connectivity index (χ2n) is 5.74. The molecule has 1 aromatic heterocycles. The molecule has 2 aromatic rings. The second kappa shape index (κ2) is 7.14. The van der Waals surface area contributed by atoms with Gasteiger partial charge in [-0.3, -0.25) is 9.37 Å². The molecule has 0 spiro atoms. The Morgan fingerprint density at radius 1 is 1.18 bits per heavy atom. The summed E-state index contributed by atoms with van der Waals surface area (Å²) >= 11 is 1.77. The molecule has 4 heteroatoms. The van der Waals surface area contributed by atoms with E-state index in [2.05, 4.69) is 29.2 Å². The topological polar surface area (TPSA) is 22.1 Å². The fraction of sp³-hybridized carbons (Fsp3) is 0.389. The van der Waals surface area contributed by atoms with E-state index in [0.717, 1.165) is 30.0 Å². The molecule has 0 bridgehead atoms. The summed E-state index contributed by atoms with van der Waals surface area (Å²) in [7, 11) is 1.68. The van der Waals surface area contributed by atoms with Crippen LogP contribution < -0.4 is 4.74 Å². The first-order valence-corrected chi connectivity index (χ1v) is 8.54. The van der Waals surface area contributed by atoms with Crippen molar-refractivity contribution in [3.8, 4) is 5.75 Å². The molecule has 22 heavy (non-hydrogen) atoms. The lowest BCUT2D eigenvalue weighted by molar-refractivity contribution is 0.205. The Kier molecular flexibility index (Phi) is 4.98. The van der Waals surface area contributed by atoms with E-state index in [9.17, 15) is 4.39 Å². The molecule has 2 nitrogen and oxygen atoms in total. The van der Waals surface area contributed by atoms with Gasteiger partial charge in [-0.1, -0.05) is 12.1 Å². The van der Waals surface area contributed by atoms with Gasteiger partial charge >= 0.3 is 0 Å². The Morgan fingerprint density at radius 3 is 2.55 bits per heavy atom. The molecule has 0 amide bonds. The summed E-state index contributed by atoms with van der Waals surface area (Å²) in [5, 5.41) is 0. The summed E-state index contributed by atoms with van der Waals surface area (Å²) in [6, 6.07) is 12.3. The smallest absolute Gasteiger partial charge is 0.118 e. The molecule has 0 atom stereocenters. The molecule has 0 unspecified atom stereocenters. The zero-order valence-electron chi connectivity index (χ0n) is 12.7. The average Bonchev–Trinajstić information content (AvgIpc) is 2.53. The standard InChI is InChI=1S/C18H20FNOS/c1-21-16-4-2-13(3-5-16)12-22-17-6-7-18(20-11-17)15-8-14(9-15)10-19/h2-7,11,14-15H,8-10,12H2,1H3. The van der Waals surface area contributed by atoms with Gasteiger partial charge in [-0.2, -0.15) is 0 Å². The van der Waals surface area contributed by atoms with Crippen LogP contribution in [0.2, 0.25) is 0 Å². The van der Waals surface area contributed by atoms with E-state index in [1.165, 1.54) is 10.5 Å². The van der Waals surface area contributed by atoms with E-state index in [0.29, 0.717) is 5.92 Å². The highest BCUT2D eigenvalue weighted by Gasteiger charge is 2.30. The Labute approximate surface area is 135 Å². The van der Waals surface area contributed by atoms with Crippen molar-refractivity contribution in [1.82, 2.24) is 4.98 Å². The third-order valence-electron chi connectivity index (χ3n) is 4.20. The maximum Gasteiger partial charge on any atom is 0.118 e. The molecule has 116 valence electrons. The Balaban J connectivity index is 1.52. The summed E-state index contributed by atoms with van der Waals surface area (Å²) < 4.78 is 17.6. The first-order valence-electron chi connectivity index (χ1n) is 7.56. The lowest BCUT2D eigenvalue weighted by Gasteiger charge is -2.32. The zero-order chi connectivity index (χ0) is 15.4. The van der Waals surface area contributed by atoms with E-state index >= 15 is 0 Å². The number of benzene rings is 1. The third-order valence-corrected chi connectivity index (χ3v) is 5.25. The van der Waals surface area contributed by atoms with Crippen molar-refractivity contribution in [3.63, 3.8) is 0 Å². The number of ether oxygens (including phenoxy) is 1. The van der Waals surface area contributed by atoms with Crippen molar-refractivity contribution in [2.24, 2.45) is 5.92 Å². The van der Waals surface area contributed by atoms with E-state index in [4.69, 9.17) is 4.74 Å². The van der Waals surface area contributed by atoms with Crippen molar-refractivity contribution in [2.75, 3.05) is 13.8 Å². The van der Waals surface area contributed by atoms with Crippen LogP contribution in [0.1, 0.15) is 30.0 Å². The Hall–Kier alpha value is -1.55. The molecular weight excluding hydrogens is 297 g/mol. The number of aromatic nitrogens is 1. The third kappa shape index (κ3) is 3.61. The fourth-order valence-electron chi connectivity index (χ4n) is 2.71. The van der Waals surface area contributed by atoms with Crippen LogP contribution in [0.4, 0.5) is 4.39 Å². The lowest BCUT2D eigenvalue weighted by atomic mass is 9.74. The van der Waals surface area contributed by atoms with Gasteiger partial charge in [0.15, 0.2) is 0 Å². The minimum absolute atomic E-state index is 0.188. The van der Waals surface area contributed by atoms with Crippen LogP contribution >= 0.6 is 11.8 Å². The van der Waals surface area contributed by atoms with E-state index in [-0.39, 0.29) is 12.6 Å². The minimum Gasteiger partial charge on any atom is -0.497 e. The first-order chi connectivity index (χ1) is 10.8. The van der Waals surface area contributed by atoms with Crippen molar-refractivity contribution in [1.29, 1.82) is 0 Å². The zero-order valence-corrected chi connectivity index (χ0v) is 13.5. The predicted molar refractivity (Wildman–Crippen MR) is 88.2 cm³/mol. The van der Waals surface area contributed by atoms with Gasteiger partial charge in [0, 0.05) is 28.5 Å². The number of alkyl halides is 1. The Morgan fingerprint density at radius 2 is 1.95 bits per heavy atom. The highest BCUT2D eigenvalue weighted by Crippen LogP contribution is 2.41. The number of pyridine rings is 1. The molecule has 0 aliphatic heterocycles. The summed E-state index contributed by atoms with van der Waals surface area (Å²) in [5.74, 6) is 2.52. The van der Waals surface area contributed by atoms with Gasteiger partial charge in [-0.25, -0.2) is 0 Å². The molecule has 1 heterocycles. The van der Waals surface area contributed by atoms with Crippen molar-refractivity contribution in [2.45, 2.75) is 29.4 Å². The van der Waals surface area contributed by atoms with Crippen molar-refractivity contribution < 1.29 is 9.13 Å². The van der Waals surface area contributed by atoms with Crippen LogP contribution in [-0.4, -0.2) is 18.8 Å². The van der Waals surface area contributed by atoms with Crippen LogP contribution in [-0.2, 0) is 5.75 Å². The van der Waals surface area contributed by atoms with Crippen LogP contribution in [0.3, 0.4) is 0 Å². The highest BCUT2D eigenvalue weighted by molar-refractivity contribution is 7.98. The van der Waals surface area contributed by atoms with Gasteiger partial charge in [-0.15, -0.1) is 11.8 Å². The number of methoxy groups -OCH3 is 1. The fourth-order valence-corrected chi connectivity index (χ4v) is 3.53. The molecule has 1 aliphatic rings. The van der Waals surface area contributed by atoms with Gasteiger partial charge in [0.25, 0.3) is 0 Å². The molecule has 0 saturated heterocycles. The van der Waals surface area contributed by atoms with Crippen molar-refractivity contribution >= 4 is 11.8 Å². The second-order valence-corrected chi connectivity index (χ2v) is 6.79. The van der Waals surface area contributed by atoms with Crippen LogP contribution in [0, 0.1) is 5.92 Å². The SMILES string of the molecule is COc1ccc(CSc2ccc(C3CC(CF)C3)nc2)cc1. The van der Waals surface area contributed by atoms with Crippen LogP contribution in [0.25, 0.3) is 0 Å². The maximum atomic E-state index is 12.5. The lowest BCUT2D eigenvalue weighted by Crippen LogP contribution is -2.23. The van der Waals surface area contributed by atoms with Gasteiger partial charge in [0.1, 0.15) is 5.75 Å². The number of thioether (sulfide) groups is 1. The van der Waals surface area contributed by atoms with Crippen LogP contribution in [0.15, 0.2) is 47.5 Å². The first kappa shape index (κ1) is 15.3. The number of rotatable bonds is 6. The minimum atomic E-state index is -0.188. The molecule has 0 radical (unpaired) electrons. The predicted octanol–water partition coefficient (Wildman–Crippen LogP) is 4.85. The highest BCUT2D eigenvalue weighted by atomic mass is 32.2. The van der Waals surface area contributed by atoms with Gasteiger partial charge < -0.3 is 4.74 Å². The summed E-state index contributed by atoms with van der Waals surface area (Å²) in [6.45, 7) is -0.188. The number of nitrogens with zero attached hydrogens (tertiary/aromatic N) is 1. The molecule has 1 fully saturated rings. The molecule has 0 N–H and O–H groups in total. The number of hydrogen-bond acceptors (Lipinski definition) is 3. The normalized spacial score (nSPS) is 20.5. The number of hydrogen-bond donors (Lipinski definition) is 0. The quantitative estimate of drug-likeness (QED) is 0.711. The Bertz CT molecular complexity index is 593. The number of halogens is 1.